The van der Waals surface area contributed by atoms with Crippen LogP contribution in [0.1, 0.15) is 162 Å². The average Bonchev–Trinajstić information content (AvgIpc) is 2.74. The van der Waals surface area contributed by atoms with Crippen molar-refractivity contribution in [3.8, 4) is 0 Å². The minimum absolute atomic E-state index is 0.749. The molecule has 0 aromatic carbocycles. The summed E-state index contributed by atoms with van der Waals surface area (Å²) >= 11 is 0. The van der Waals surface area contributed by atoms with Crippen LogP contribution in [-0.2, 0) is 0 Å². The zero-order chi connectivity index (χ0) is 21.3. The predicted octanol–water partition coefficient (Wildman–Crippen LogP) is 9.69. The molecule has 0 rings (SSSR count). The van der Waals surface area contributed by atoms with E-state index in [-0.39, 0.29) is 0 Å². The summed E-state index contributed by atoms with van der Waals surface area (Å²) in [7, 11) is 0. The zero-order valence-corrected chi connectivity index (χ0v) is 20.6. The molecule has 0 aliphatic carbocycles. The van der Waals surface area contributed by atoms with Gasteiger partial charge < -0.3 is 5.21 Å². The lowest BCUT2D eigenvalue weighted by Crippen LogP contribution is -2.19. The Kier molecular flexibility index (Phi) is 25.9. The monoisotopic (exact) mass is 411 g/mol. The highest BCUT2D eigenvalue weighted by Crippen LogP contribution is 2.15. The van der Waals surface area contributed by atoms with Gasteiger partial charge in [0.2, 0.25) is 0 Å². The quantitative estimate of drug-likeness (QED) is 0.119. The second-order valence-electron chi connectivity index (χ2n) is 9.32. The highest BCUT2D eigenvalue weighted by molar-refractivity contribution is 4.52. The molecule has 29 heavy (non-hydrogen) atoms. The largest absolute Gasteiger partial charge is 0.314 e. The molecule has 0 unspecified atom stereocenters. The van der Waals surface area contributed by atoms with E-state index >= 15 is 0 Å². The molecule has 0 saturated heterocycles. The van der Waals surface area contributed by atoms with Crippen molar-refractivity contribution in [1.29, 1.82) is 0 Å². The van der Waals surface area contributed by atoms with Crippen molar-refractivity contribution in [2.24, 2.45) is 0 Å². The molecule has 0 aromatic rings. The van der Waals surface area contributed by atoms with Crippen LogP contribution in [0.25, 0.3) is 0 Å². The van der Waals surface area contributed by atoms with Gasteiger partial charge in [0.05, 0.1) is 0 Å². The molecule has 0 fully saturated rings. The highest BCUT2D eigenvalue weighted by Gasteiger charge is 1.97. The van der Waals surface area contributed by atoms with Crippen molar-refractivity contribution in [3.63, 3.8) is 0 Å². The molecular weight excluding hydrogens is 354 g/mol. The Hall–Kier alpha value is -0.0800. The third-order valence-corrected chi connectivity index (χ3v) is 6.38. The average molecular weight is 412 g/mol. The van der Waals surface area contributed by atoms with E-state index in [1.807, 2.05) is 6.92 Å². The van der Waals surface area contributed by atoms with Crippen LogP contribution >= 0.6 is 0 Å². The third-order valence-electron chi connectivity index (χ3n) is 6.38. The van der Waals surface area contributed by atoms with E-state index in [1.54, 1.807) is 0 Å². The maximum atomic E-state index is 9.36. The molecule has 2 heteroatoms. The van der Waals surface area contributed by atoms with Crippen molar-refractivity contribution in [3.05, 3.63) is 0 Å². The van der Waals surface area contributed by atoms with Crippen molar-refractivity contribution < 1.29 is 5.21 Å². The second kappa shape index (κ2) is 26.0. The Balaban J connectivity index is 3.00. The van der Waals surface area contributed by atoms with Crippen LogP contribution in [0, 0.1) is 0 Å². The fourth-order valence-corrected chi connectivity index (χ4v) is 4.24. The van der Waals surface area contributed by atoms with Crippen LogP contribution in [0.2, 0.25) is 0 Å². The van der Waals surface area contributed by atoms with Gasteiger partial charge in [-0.3, -0.25) is 0 Å². The van der Waals surface area contributed by atoms with Crippen molar-refractivity contribution in [2.45, 2.75) is 162 Å². The number of hydrogen-bond acceptors (Lipinski definition) is 2. The van der Waals surface area contributed by atoms with Crippen LogP contribution in [0.3, 0.4) is 0 Å². The first kappa shape index (κ1) is 28.9. The summed E-state index contributed by atoms with van der Waals surface area (Å²) in [5.74, 6) is 0. The van der Waals surface area contributed by atoms with Crippen molar-refractivity contribution in [1.82, 2.24) is 5.06 Å². The minimum atomic E-state index is 0.749. The maximum absolute atomic E-state index is 9.36. The first-order valence-corrected chi connectivity index (χ1v) is 13.7. The summed E-state index contributed by atoms with van der Waals surface area (Å²) < 4.78 is 0. The predicted molar refractivity (Wildman–Crippen MR) is 131 cm³/mol. The topological polar surface area (TPSA) is 23.5 Å². The SMILES string of the molecule is CCCCCCCCCCCCCCCCCCCCCCCCCN(O)CC. The van der Waals surface area contributed by atoms with E-state index in [1.165, 1.54) is 146 Å². The number of unbranched alkanes of at least 4 members (excludes halogenated alkanes) is 22. The van der Waals surface area contributed by atoms with E-state index in [0.29, 0.717) is 0 Å². The molecule has 0 bridgehead atoms. The highest BCUT2D eigenvalue weighted by atomic mass is 16.5. The molecule has 0 saturated carbocycles. The molecule has 0 spiro atoms. The molecule has 176 valence electrons. The van der Waals surface area contributed by atoms with Crippen LogP contribution in [0.4, 0.5) is 0 Å². The van der Waals surface area contributed by atoms with Crippen molar-refractivity contribution in [2.75, 3.05) is 13.1 Å². The van der Waals surface area contributed by atoms with Gasteiger partial charge in [0.25, 0.3) is 0 Å². The molecular formula is C27H57NO. The fourth-order valence-electron chi connectivity index (χ4n) is 4.24. The Morgan fingerprint density at radius 2 is 0.621 bits per heavy atom. The van der Waals surface area contributed by atoms with Gasteiger partial charge in [-0.25, -0.2) is 0 Å². The van der Waals surface area contributed by atoms with Gasteiger partial charge in [-0.05, 0) is 6.42 Å². The van der Waals surface area contributed by atoms with Crippen LogP contribution in [0.15, 0.2) is 0 Å². The minimum Gasteiger partial charge on any atom is -0.314 e. The molecule has 0 atom stereocenters. The molecule has 0 aliphatic heterocycles. The van der Waals surface area contributed by atoms with Crippen LogP contribution < -0.4 is 0 Å². The molecule has 0 amide bonds. The molecule has 0 aromatic heterocycles. The Labute approximate surface area is 185 Å². The molecule has 0 heterocycles. The number of nitrogens with zero attached hydrogens (tertiary/aromatic N) is 1. The van der Waals surface area contributed by atoms with Gasteiger partial charge in [0, 0.05) is 13.1 Å². The van der Waals surface area contributed by atoms with Crippen LogP contribution in [-0.4, -0.2) is 23.4 Å². The summed E-state index contributed by atoms with van der Waals surface area (Å²) in [6, 6.07) is 0. The van der Waals surface area contributed by atoms with Gasteiger partial charge in [0.1, 0.15) is 0 Å². The summed E-state index contributed by atoms with van der Waals surface area (Å²) in [6.45, 7) is 5.89. The summed E-state index contributed by atoms with van der Waals surface area (Å²) in [5, 5.41) is 10.8. The Morgan fingerprint density at radius 1 is 0.379 bits per heavy atom. The lowest BCUT2D eigenvalue weighted by Gasteiger charge is -2.10. The van der Waals surface area contributed by atoms with Gasteiger partial charge in [-0.2, -0.15) is 5.06 Å². The number of hydrogen-bond donors (Lipinski definition) is 1. The van der Waals surface area contributed by atoms with Gasteiger partial charge in [0.15, 0.2) is 0 Å². The summed E-state index contributed by atoms with van der Waals surface area (Å²) in [4.78, 5) is 0. The number of rotatable bonds is 25. The molecule has 2 nitrogen and oxygen atoms in total. The maximum Gasteiger partial charge on any atom is 0.0238 e. The smallest absolute Gasteiger partial charge is 0.0238 e. The molecule has 1 N–H and O–H groups in total. The van der Waals surface area contributed by atoms with Crippen LogP contribution in [0.5, 0.6) is 0 Å². The van der Waals surface area contributed by atoms with Gasteiger partial charge in [-0.15, -0.1) is 0 Å². The lowest BCUT2D eigenvalue weighted by molar-refractivity contribution is -0.0869. The summed E-state index contributed by atoms with van der Waals surface area (Å²) in [6.07, 6.45) is 32.8. The first-order valence-electron chi connectivity index (χ1n) is 13.7. The van der Waals surface area contributed by atoms with Gasteiger partial charge in [-0.1, -0.05) is 155 Å². The van der Waals surface area contributed by atoms with E-state index in [0.717, 1.165) is 19.5 Å². The Bertz CT molecular complexity index is 282. The Morgan fingerprint density at radius 3 is 0.862 bits per heavy atom. The van der Waals surface area contributed by atoms with Crippen molar-refractivity contribution >= 4 is 0 Å². The first-order chi connectivity index (χ1) is 14.3. The zero-order valence-electron chi connectivity index (χ0n) is 20.6. The van der Waals surface area contributed by atoms with E-state index in [2.05, 4.69) is 6.92 Å². The normalized spacial score (nSPS) is 11.6. The van der Waals surface area contributed by atoms with E-state index in [9.17, 15) is 5.21 Å². The number of hydroxylamine groups is 2. The lowest BCUT2D eigenvalue weighted by atomic mass is 10.0. The van der Waals surface area contributed by atoms with E-state index in [4.69, 9.17) is 0 Å². The third kappa shape index (κ3) is 25.9. The molecule has 0 radical (unpaired) electrons. The summed E-state index contributed by atoms with van der Waals surface area (Å²) in [5.41, 5.74) is 0. The fraction of sp³-hybridized carbons (Fsp3) is 1.00. The standard InChI is InChI=1S/C27H57NO/c1-3-5-6-7-8-9-10-11-12-13-14-15-16-17-18-19-20-21-22-23-24-25-26-27-28(29)4-2/h29H,3-27H2,1-2H3. The van der Waals surface area contributed by atoms with E-state index < -0.39 is 0 Å². The second-order valence-corrected chi connectivity index (χ2v) is 9.32. The molecule has 0 aliphatic rings. The van der Waals surface area contributed by atoms with Gasteiger partial charge >= 0.3 is 0 Å².